The summed E-state index contributed by atoms with van der Waals surface area (Å²) in [4.78, 5) is 26.7. The number of carbonyl (C=O) groups is 2. The van der Waals surface area contributed by atoms with Gasteiger partial charge in [-0.2, -0.15) is 0 Å². The van der Waals surface area contributed by atoms with Crippen LogP contribution in [0.5, 0.6) is 0 Å². The largest absolute Gasteiger partial charge is 0.432 e. The van der Waals surface area contributed by atoms with E-state index in [1.807, 2.05) is 13.0 Å². The topological polar surface area (TPSA) is 194 Å². The van der Waals surface area contributed by atoms with Crippen LogP contribution in [0.15, 0.2) is 23.8 Å². The van der Waals surface area contributed by atoms with Crippen molar-refractivity contribution in [1.82, 2.24) is 0 Å². The predicted octanol–water partition coefficient (Wildman–Crippen LogP) is 1.78. The number of aldehydes is 1. The zero-order chi connectivity index (χ0) is 34.9. The van der Waals surface area contributed by atoms with E-state index in [9.17, 15) is 45.3 Å². The van der Waals surface area contributed by atoms with Gasteiger partial charge in [0.15, 0.2) is 0 Å². The van der Waals surface area contributed by atoms with Crippen molar-refractivity contribution in [3.05, 3.63) is 23.8 Å². The number of esters is 1. The minimum atomic E-state index is -1.72. The van der Waals surface area contributed by atoms with Crippen LogP contribution in [0, 0.1) is 44.8 Å². The molecular weight excluding hydrogens is 608 g/mol. The molecule has 0 unspecified atom stereocenters. The maximum Gasteiger partial charge on any atom is 0.318 e. The molecule has 2 saturated carbocycles. The molecule has 0 amide bonds. The Balaban J connectivity index is 1.53. The molecule has 11 heteroatoms. The number of allylic oxidation sites excluding steroid dienone is 3. The van der Waals surface area contributed by atoms with Gasteiger partial charge in [-0.05, 0) is 91.4 Å². The highest BCUT2D eigenvalue weighted by Crippen LogP contribution is 2.72. The first kappa shape index (κ1) is 36.6. The Kier molecular flexibility index (Phi) is 9.78. The molecule has 5 rings (SSSR count). The normalized spacial score (nSPS) is 50.7. The molecule has 3 fully saturated rings. The number of fused-ring (bicyclic) bond motifs is 5. The molecule has 1 saturated heterocycles. The first-order valence-electron chi connectivity index (χ1n) is 17.3. The Bertz CT molecular complexity index is 1270. The van der Waals surface area contributed by atoms with Gasteiger partial charge < -0.3 is 50.0 Å². The van der Waals surface area contributed by atoms with Crippen molar-refractivity contribution in [2.75, 3.05) is 6.61 Å². The van der Waals surface area contributed by atoms with Gasteiger partial charge in [0.1, 0.15) is 30.7 Å². The minimum Gasteiger partial charge on any atom is -0.432 e. The van der Waals surface area contributed by atoms with Gasteiger partial charge in [0, 0.05) is 0 Å². The van der Waals surface area contributed by atoms with Gasteiger partial charge in [-0.25, -0.2) is 0 Å². The summed E-state index contributed by atoms with van der Waals surface area (Å²) in [5, 5.41) is 73.0. The van der Waals surface area contributed by atoms with E-state index in [1.54, 1.807) is 13.8 Å². The van der Waals surface area contributed by atoms with Crippen LogP contribution in [0.3, 0.4) is 0 Å². The Morgan fingerprint density at radius 3 is 2.34 bits per heavy atom. The molecule has 5 aliphatic rings. The van der Waals surface area contributed by atoms with Gasteiger partial charge in [0.05, 0.1) is 35.7 Å². The maximum absolute atomic E-state index is 14.2. The van der Waals surface area contributed by atoms with Crippen LogP contribution in [0.25, 0.3) is 0 Å². The van der Waals surface area contributed by atoms with Crippen molar-refractivity contribution in [3.8, 4) is 0 Å². The van der Waals surface area contributed by atoms with E-state index in [0.717, 1.165) is 18.3 Å². The summed E-state index contributed by atoms with van der Waals surface area (Å²) in [6, 6.07) is 0. The van der Waals surface area contributed by atoms with Crippen LogP contribution in [-0.2, 0) is 19.1 Å². The Morgan fingerprint density at radius 1 is 1.04 bits per heavy atom. The summed E-state index contributed by atoms with van der Waals surface area (Å²) in [5.41, 5.74) is -2.40. The zero-order valence-corrected chi connectivity index (χ0v) is 28.6. The quantitative estimate of drug-likeness (QED) is 0.148. The summed E-state index contributed by atoms with van der Waals surface area (Å²) >= 11 is 0. The molecule has 0 aromatic carbocycles. The summed E-state index contributed by atoms with van der Waals surface area (Å²) < 4.78 is 11.3. The number of hydrogen-bond acceptors (Lipinski definition) is 11. The van der Waals surface area contributed by atoms with E-state index in [-0.39, 0.29) is 28.6 Å². The molecule has 7 N–H and O–H groups in total. The average Bonchev–Trinajstić information content (AvgIpc) is 3.02. The molecule has 0 spiro atoms. The number of aliphatic hydroxyl groups is 7. The lowest BCUT2D eigenvalue weighted by Crippen LogP contribution is -2.66. The van der Waals surface area contributed by atoms with Crippen molar-refractivity contribution in [1.29, 1.82) is 0 Å². The van der Waals surface area contributed by atoms with E-state index in [2.05, 4.69) is 32.9 Å². The monoisotopic (exact) mass is 664 g/mol. The van der Waals surface area contributed by atoms with Crippen LogP contribution < -0.4 is 0 Å². The molecule has 11 nitrogen and oxygen atoms in total. The van der Waals surface area contributed by atoms with Crippen molar-refractivity contribution in [3.63, 3.8) is 0 Å². The molecule has 0 aromatic heterocycles. The third-order valence-corrected chi connectivity index (χ3v) is 14.0. The first-order chi connectivity index (χ1) is 21.8. The predicted molar refractivity (Wildman–Crippen MR) is 170 cm³/mol. The second-order valence-corrected chi connectivity index (χ2v) is 16.5. The lowest BCUT2D eigenvalue weighted by Gasteiger charge is -2.68. The van der Waals surface area contributed by atoms with Crippen LogP contribution in [-0.4, -0.2) is 104 Å². The molecule has 47 heavy (non-hydrogen) atoms. The fourth-order valence-electron chi connectivity index (χ4n) is 10.3. The van der Waals surface area contributed by atoms with Crippen LogP contribution >= 0.6 is 0 Å². The number of hydrogen-bond donors (Lipinski definition) is 7. The van der Waals surface area contributed by atoms with Gasteiger partial charge >= 0.3 is 5.97 Å². The number of aliphatic hydroxyl groups excluding tert-OH is 7. The van der Waals surface area contributed by atoms with E-state index in [0.29, 0.717) is 38.5 Å². The van der Waals surface area contributed by atoms with E-state index < -0.39 is 77.8 Å². The Labute approximate surface area is 277 Å². The average molecular weight is 665 g/mol. The number of rotatable bonds is 8. The summed E-state index contributed by atoms with van der Waals surface area (Å²) in [5.74, 6) is -0.906. The molecular formula is C36H56O11. The minimum absolute atomic E-state index is 0.0128. The van der Waals surface area contributed by atoms with Crippen LogP contribution in [0.2, 0.25) is 0 Å². The second-order valence-electron chi connectivity index (χ2n) is 16.5. The van der Waals surface area contributed by atoms with Gasteiger partial charge in [0.25, 0.3) is 0 Å². The summed E-state index contributed by atoms with van der Waals surface area (Å²) in [6.07, 6.45) is 0.175. The lowest BCUT2D eigenvalue weighted by atomic mass is 9.36. The SMILES string of the molecule is C[C@H](O)[C@H](C)CC[C@@]1(C(=O)O[C@@H]2O[C@H](CO)[C@@H](O)[C@H](O)[C@H]2O)C=C2C=C[C@@H]3[C@@]4(C)C[C@@H](O)[C@H](O)[C@](C)(C=O)[C@@H]4CC[C@@]3(C)[C@]2(C)CC1. The smallest absolute Gasteiger partial charge is 0.318 e. The van der Waals surface area contributed by atoms with Gasteiger partial charge in [-0.3, -0.25) is 4.79 Å². The third kappa shape index (κ3) is 5.48. The molecule has 16 atom stereocenters. The molecule has 1 aliphatic heterocycles. The molecule has 0 bridgehead atoms. The van der Waals surface area contributed by atoms with Crippen molar-refractivity contribution < 1.29 is 54.8 Å². The lowest BCUT2D eigenvalue weighted by molar-refractivity contribution is -0.295. The third-order valence-electron chi connectivity index (χ3n) is 14.0. The van der Waals surface area contributed by atoms with Crippen molar-refractivity contribution in [2.24, 2.45) is 44.8 Å². The summed E-state index contributed by atoms with van der Waals surface area (Å²) in [6.45, 7) is 11.4. The highest BCUT2D eigenvalue weighted by Gasteiger charge is 2.68. The van der Waals surface area contributed by atoms with Gasteiger partial charge in [-0.1, -0.05) is 52.8 Å². The standard InChI is InChI=1S/C36H56O11/c1-19(20(2)39)9-12-36(31(45)47-30-28(43)27(42)26(41)23(17-37)46-30)14-13-34(5)21(15-36)7-8-25-32(3)16-22(40)29(44)33(4,18-38)24(32)10-11-35(25,34)6/h7-8,15,18-20,22-30,37,39-44H,9-14,16-17H2,1-6H3/t19-,20+,22-,23-,24-,25-,26-,27+,28-,29+,30+,32+,33-,34-,35-,36+/m1/s1. The Hall–Kier alpha value is -1.70. The second kappa shape index (κ2) is 12.6. The first-order valence-corrected chi connectivity index (χ1v) is 17.3. The van der Waals surface area contributed by atoms with Crippen molar-refractivity contribution >= 4 is 12.3 Å². The zero-order valence-electron chi connectivity index (χ0n) is 28.6. The fraction of sp³-hybridized carbons (Fsp3) is 0.833. The molecule has 0 radical (unpaired) electrons. The maximum atomic E-state index is 14.2. The van der Waals surface area contributed by atoms with Gasteiger partial charge in [-0.15, -0.1) is 0 Å². The summed E-state index contributed by atoms with van der Waals surface area (Å²) in [7, 11) is 0. The van der Waals surface area contributed by atoms with Crippen LogP contribution in [0.1, 0.15) is 86.5 Å². The molecule has 266 valence electrons. The molecule has 4 aliphatic carbocycles. The van der Waals surface area contributed by atoms with Crippen molar-refractivity contribution in [2.45, 2.75) is 136 Å². The molecule has 1 heterocycles. The highest BCUT2D eigenvalue weighted by molar-refractivity contribution is 5.80. The molecule has 0 aromatic rings. The highest BCUT2D eigenvalue weighted by atomic mass is 16.7. The fourth-order valence-corrected chi connectivity index (χ4v) is 10.3. The number of ether oxygens (including phenoxy) is 2. The van der Waals surface area contributed by atoms with E-state index in [4.69, 9.17) is 9.47 Å². The Morgan fingerprint density at radius 2 is 1.72 bits per heavy atom. The van der Waals surface area contributed by atoms with Crippen LogP contribution in [0.4, 0.5) is 0 Å². The van der Waals surface area contributed by atoms with E-state index >= 15 is 0 Å². The number of carbonyl (C=O) groups excluding carboxylic acids is 2. The van der Waals surface area contributed by atoms with Gasteiger partial charge in [0.2, 0.25) is 6.29 Å². The van der Waals surface area contributed by atoms with E-state index in [1.165, 1.54) is 0 Å².